The van der Waals surface area contributed by atoms with E-state index in [-0.39, 0.29) is 0 Å². The first kappa shape index (κ1) is 10.4. The molecule has 1 atom stereocenters. The van der Waals surface area contributed by atoms with Gasteiger partial charge in [-0.2, -0.15) is 0 Å². The summed E-state index contributed by atoms with van der Waals surface area (Å²) in [6, 6.07) is 0. The summed E-state index contributed by atoms with van der Waals surface area (Å²) in [6.45, 7) is 4.69. The predicted molar refractivity (Wildman–Crippen MR) is 56.5 cm³/mol. The first-order valence-corrected chi connectivity index (χ1v) is 5.06. The average Bonchev–Trinajstić information content (AvgIpc) is 2.30. The van der Waals surface area contributed by atoms with Crippen LogP contribution in [0.3, 0.4) is 0 Å². The molecule has 1 saturated heterocycles. The minimum Gasteiger partial charge on any atom is -0.301 e. The van der Waals surface area contributed by atoms with Crippen molar-refractivity contribution in [2.45, 2.75) is 31.7 Å². The zero-order valence-electron chi connectivity index (χ0n) is 8.38. The third-order valence-corrected chi connectivity index (χ3v) is 3.30. The quantitative estimate of drug-likeness (QED) is 0.673. The highest BCUT2D eigenvalue weighted by atomic mass is 32.1. The highest BCUT2D eigenvalue weighted by Crippen LogP contribution is 2.30. The first-order valence-electron chi connectivity index (χ1n) is 4.66. The summed E-state index contributed by atoms with van der Waals surface area (Å²) in [5, 5.41) is 0. The molecule has 0 aromatic heterocycles. The summed E-state index contributed by atoms with van der Waals surface area (Å²) in [5.74, 6) is 0. The number of hydrogen-bond acceptors (Lipinski definition) is 3. The van der Waals surface area contributed by atoms with Crippen molar-refractivity contribution < 1.29 is 0 Å². The third kappa shape index (κ3) is 2.38. The Bertz CT molecular complexity index is 149. The zero-order valence-corrected chi connectivity index (χ0v) is 9.27. The van der Waals surface area contributed by atoms with Gasteiger partial charge in [-0.1, -0.05) is 12.8 Å². The Labute approximate surface area is 81.5 Å². The van der Waals surface area contributed by atoms with E-state index >= 15 is 0 Å². The van der Waals surface area contributed by atoms with Crippen LogP contribution in [0.25, 0.3) is 0 Å². The van der Waals surface area contributed by atoms with E-state index in [4.69, 9.17) is 0 Å². The number of nitrogens with zero attached hydrogens (tertiary/aromatic N) is 2. The van der Waals surface area contributed by atoms with Crippen molar-refractivity contribution in [3.63, 3.8) is 0 Å². The number of thiol groups is 1. The standard InChI is InChI=1S/C9H20N2S/c1-9(6-8-11(3)12)5-4-7-10(9)2/h12H,4-8H2,1-3H3. The van der Waals surface area contributed by atoms with Gasteiger partial charge in [0.1, 0.15) is 0 Å². The van der Waals surface area contributed by atoms with Crippen LogP contribution in [-0.2, 0) is 0 Å². The predicted octanol–water partition coefficient (Wildman–Crippen LogP) is 1.64. The van der Waals surface area contributed by atoms with E-state index in [9.17, 15) is 0 Å². The summed E-state index contributed by atoms with van der Waals surface area (Å²) in [5.41, 5.74) is 0.428. The molecule has 0 aliphatic carbocycles. The fourth-order valence-electron chi connectivity index (χ4n) is 1.88. The number of rotatable bonds is 3. The smallest absolute Gasteiger partial charge is 0.0191 e. The van der Waals surface area contributed by atoms with Crippen LogP contribution in [0.5, 0.6) is 0 Å². The van der Waals surface area contributed by atoms with Crippen molar-refractivity contribution in [2.24, 2.45) is 0 Å². The Kier molecular flexibility index (Phi) is 3.44. The highest BCUT2D eigenvalue weighted by Gasteiger charge is 2.33. The third-order valence-electron chi connectivity index (χ3n) is 3.10. The number of hydrogen-bond donors (Lipinski definition) is 1. The van der Waals surface area contributed by atoms with E-state index < -0.39 is 0 Å². The minimum atomic E-state index is 0.428. The molecule has 0 aromatic carbocycles. The van der Waals surface area contributed by atoms with Gasteiger partial charge in [0.25, 0.3) is 0 Å². The van der Waals surface area contributed by atoms with E-state index in [2.05, 4.69) is 31.7 Å². The second-order valence-electron chi connectivity index (χ2n) is 4.15. The van der Waals surface area contributed by atoms with Crippen molar-refractivity contribution >= 4 is 12.8 Å². The maximum absolute atomic E-state index is 4.25. The van der Waals surface area contributed by atoms with Gasteiger partial charge in [0.2, 0.25) is 0 Å². The number of likely N-dealkylation sites (tertiary alicyclic amines) is 1. The lowest BCUT2D eigenvalue weighted by atomic mass is 9.95. The molecule has 1 fully saturated rings. The molecular formula is C9H20N2S. The molecule has 0 amide bonds. The van der Waals surface area contributed by atoms with E-state index in [0.717, 1.165) is 6.54 Å². The largest absolute Gasteiger partial charge is 0.301 e. The highest BCUT2D eigenvalue weighted by molar-refractivity contribution is 7.77. The second kappa shape index (κ2) is 3.99. The molecule has 1 aliphatic rings. The molecule has 2 nitrogen and oxygen atoms in total. The van der Waals surface area contributed by atoms with Gasteiger partial charge in [-0.25, -0.2) is 0 Å². The molecule has 0 spiro atoms. The topological polar surface area (TPSA) is 6.48 Å². The molecule has 12 heavy (non-hydrogen) atoms. The summed E-state index contributed by atoms with van der Waals surface area (Å²) >= 11 is 4.25. The molecule has 0 saturated carbocycles. The molecule has 1 rings (SSSR count). The normalized spacial score (nSPS) is 31.8. The van der Waals surface area contributed by atoms with Crippen molar-refractivity contribution in [3.8, 4) is 0 Å². The van der Waals surface area contributed by atoms with Gasteiger partial charge in [0.05, 0.1) is 0 Å². The van der Waals surface area contributed by atoms with Crippen LogP contribution >= 0.6 is 12.8 Å². The monoisotopic (exact) mass is 188 g/mol. The summed E-state index contributed by atoms with van der Waals surface area (Å²) in [6.07, 6.45) is 3.91. The second-order valence-corrected chi connectivity index (χ2v) is 4.84. The van der Waals surface area contributed by atoms with Crippen molar-refractivity contribution in [3.05, 3.63) is 0 Å². The Morgan fingerprint density at radius 3 is 2.67 bits per heavy atom. The van der Waals surface area contributed by atoms with Crippen molar-refractivity contribution in [1.82, 2.24) is 9.21 Å². The summed E-state index contributed by atoms with van der Waals surface area (Å²) in [7, 11) is 4.24. The molecule has 1 aliphatic heterocycles. The summed E-state index contributed by atoms with van der Waals surface area (Å²) in [4.78, 5) is 2.48. The van der Waals surface area contributed by atoms with Crippen LogP contribution in [0.15, 0.2) is 0 Å². The molecule has 1 heterocycles. The fraction of sp³-hybridized carbons (Fsp3) is 1.00. The summed E-state index contributed by atoms with van der Waals surface area (Å²) < 4.78 is 1.97. The fourth-order valence-corrected chi connectivity index (χ4v) is 1.98. The van der Waals surface area contributed by atoms with Crippen LogP contribution in [0, 0.1) is 0 Å². The Hall–Kier alpha value is 0.270. The van der Waals surface area contributed by atoms with Crippen molar-refractivity contribution in [2.75, 3.05) is 27.2 Å². The Morgan fingerprint density at radius 2 is 2.25 bits per heavy atom. The Balaban J connectivity index is 2.37. The maximum Gasteiger partial charge on any atom is 0.0191 e. The molecule has 0 aromatic rings. The van der Waals surface area contributed by atoms with Crippen molar-refractivity contribution in [1.29, 1.82) is 0 Å². The molecule has 0 N–H and O–H groups in total. The van der Waals surface area contributed by atoms with Crippen LogP contribution < -0.4 is 0 Å². The molecule has 72 valence electrons. The lowest BCUT2D eigenvalue weighted by Crippen LogP contribution is -2.39. The van der Waals surface area contributed by atoms with E-state index in [1.165, 1.54) is 25.8 Å². The van der Waals surface area contributed by atoms with E-state index in [0.29, 0.717) is 5.54 Å². The molecule has 0 radical (unpaired) electrons. The van der Waals surface area contributed by atoms with Gasteiger partial charge in [-0.15, -0.1) is 0 Å². The van der Waals surface area contributed by atoms with Gasteiger partial charge in [-0.05, 0) is 46.8 Å². The lowest BCUT2D eigenvalue weighted by Gasteiger charge is -2.33. The van der Waals surface area contributed by atoms with Gasteiger partial charge in [0.15, 0.2) is 0 Å². The molecular weight excluding hydrogens is 168 g/mol. The average molecular weight is 188 g/mol. The van der Waals surface area contributed by atoms with E-state index in [1.807, 2.05) is 11.4 Å². The lowest BCUT2D eigenvalue weighted by molar-refractivity contribution is 0.175. The van der Waals surface area contributed by atoms with Crippen LogP contribution in [0.1, 0.15) is 26.2 Å². The Morgan fingerprint density at radius 1 is 1.58 bits per heavy atom. The minimum absolute atomic E-state index is 0.428. The first-order chi connectivity index (χ1) is 5.54. The van der Waals surface area contributed by atoms with Gasteiger partial charge >= 0.3 is 0 Å². The maximum atomic E-state index is 4.25. The molecule has 3 heteroatoms. The molecule has 1 unspecified atom stereocenters. The molecule has 0 bridgehead atoms. The SMILES string of the molecule is CN(S)CCC1(C)CCCN1C. The van der Waals surface area contributed by atoms with E-state index in [1.54, 1.807) is 0 Å². The van der Waals surface area contributed by atoms with Crippen LogP contribution in [0.4, 0.5) is 0 Å². The van der Waals surface area contributed by atoms with Gasteiger partial charge in [-0.3, -0.25) is 4.31 Å². The van der Waals surface area contributed by atoms with Crippen LogP contribution in [0.2, 0.25) is 0 Å². The van der Waals surface area contributed by atoms with Gasteiger partial charge < -0.3 is 4.90 Å². The van der Waals surface area contributed by atoms with Gasteiger partial charge in [0, 0.05) is 12.1 Å². The van der Waals surface area contributed by atoms with Crippen LogP contribution in [-0.4, -0.2) is 41.9 Å². The zero-order chi connectivity index (χ0) is 9.19.